The molecule has 0 spiro atoms. The summed E-state index contributed by atoms with van der Waals surface area (Å²) in [4.78, 5) is 12.6. The minimum atomic E-state index is -0.872. The van der Waals surface area contributed by atoms with Gasteiger partial charge in [0.15, 0.2) is 0 Å². The molecule has 0 rings (SSSR count). The van der Waals surface area contributed by atoms with Gasteiger partial charge in [0.1, 0.15) is 0 Å². The van der Waals surface area contributed by atoms with E-state index in [2.05, 4.69) is 141 Å². The number of aliphatic hydroxyl groups excluding tert-OH is 2. The molecular weight excluding hydrogens is 1050 g/mol. The lowest BCUT2D eigenvalue weighted by Crippen LogP contribution is -2.45. The Morgan fingerprint density at radius 3 is 0.814 bits per heavy atom. The topological polar surface area (TPSA) is 69.6 Å². The maximum absolute atomic E-state index is 12.6. The molecule has 4 nitrogen and oxygen atoms in total. The van der Waals surface area contributed by atoms with Crippen LogP contribution in [-0.4, -0.2) is 34.9 Å². The van der Waals surface area contributed by atoms with Gasteiger partial charge < -0.3 is 15.5 Å². The zero-order valence-electron chi connectivity index (χ0n) is 57.0. The van der Waals surface area contributed by atoms with Crippen molar-refractivity contribution in [1.82, 2.24) is 5.32 Å². The minimum Gasteiger partial charge on any atom is -0.394 e. The quantitative estimate of drug-likeness (QED) is 0.0420. The number of nitrogens with one attached hydrogen (secondary N) is 1. The number of unbranched alkanes of at least 4 members (excludes halogenated alkanes) is 41. The van der Waals surface area contributed by atoms with Crippen molar-refractivity contribution >= 4 is 5.91 Å². The fourth-order valence-corrected chi connectivity index (χ4v) is 11.0. The Bertz CT molecular complexity index is 1690. The molecule has 0 aromatic heterocycles. The number of carbonyl (C=O) groups is 1. The first-order valence-corrected chi connectivity index (χ1v) is 37.4. The molecule has 0 radical (unpaired) electrons. The van der Waals surface area contributed by atoms with Gasteiger partial charge in [0.05, 0.1) is 18.8 Å². The number of aliphatic hydroxyl groups is 2. The highest BCUT2D eigenvalue weighted by Gasteiger charge is 2.18. The molecule has 0 aliphatic heterocycles. The highest BCUT2D eigenvalue weighted by molar-refractivity contribution is 5.76. The molecule has 86 heavy (non-hydrogen) atoms. The smallest absolute Gasteiger partial charge is 0.220 e. The summed E-state index contributed by atoms with van der Waals surface area (Å²) in [6.45, 7) is 4.21. The van der Waals surface area contributed by atoms with Gasteiger partial charge in [0.2, 0.25) is 5.91 Å². The molecule has 2 atom stereocenters. The van der Waals surface area contributed by atoms with Crippen LogP contribution in [0.3, 0.4) is 0 Å². The van der Waals surface area contributed by atoms with E-state index in [4.69, 9.17) is 0 Å². The summed E-state index contributed by atoms with van der Waals surface area (Å²) in [6, 6.07) is -0.650. The molecule has 494 valence electrons. The maximum Gasteiger partial charge on any atom is 0.220 e. The van der Waals surface area contributed by atoms with Crippen LogP contribution in [0, 0.1) is 0 Å². The molecule has 4 heteroatoms. The molecule has 0 saturated carbocycles. The Labute approximate surface area is 536 Å². The van der Waals surface area contributed by atoms with Crippen molar-refractivity contribution < 1.29 is 15.0 Å². The summed E-state index contributed by atoms with van der Waals surface area (Å²) >= 11 is 0. The van der Waals surface area contributed by atoms with E-state index in [1.54, 1.807) is 6.08 Å². The Morgan fingerprint density at radius 2 is 0.523 bits per heavy atom. The molecule has 0 fully saturated rings. The standard InChI is InChI=1S/C82H143NO3/c1-3-5-7-9-11-13-15-17-19-21-23-25-27-29-31-33-35-37-38-39-40-41-42-43-44-46-48-50-52-54-56-58-60-62-64-66-68-70-72-74-76-78-82(86)83-80(79-84)81(85)77-75-73-71-69-67-65-63-61-59-57-55-53-51-49-47-45-36-34-32-30-28-26-24-22-20-18-16-14-12-10-8-6-4-2/h5,7,11,13,17,19,23,25,29,31,35,37,39-40,42-43,46,48,67,69,75,77,80-81,84-85H,3-4,6,8-10,12,14-16,18,20-22,24,26-28,30,32-34,36,38,41,44-45,47,49-66,68,70-74,76,78-79H2,1-2H3,(H,83,86)/b7-5-,13-11-,19-17-,25-23-,31-29-,37-35-,40-39-,43-42-,48-46-,69-67+,77-75+. The first kappa shape index (κ1) is 82.5. The fourth-order valence-electron chi connectivity index (χ4n) is 11.0. The normalized spacial score (nSPS) is 13.5. The molecule has 0 aliphatic rings. The van der Waals surface area contributed by atoms with Crippen LogP contribution < -0.4 is 5.32 Å². The van der Waals surface area contributed by atoms with Crippen molar-refractivity contribution in [2.24, 2.45) is 0 Å². The molecular formula is C82H143NO3. The Balaban J connectivity index is 3.54. The van der Waals surface area contributed by atoms with E-state index >= 15 is 0 Å². The summed E-state index contributed by atoms with van der Waals surface area (Å²) in [7, 11) is 0. The number of allylic oxidation sites excluding steroid dienone is 21. The first-order valence-electron chi connectivity index (χ1n) is 37.4. The SMILES string of the molecule is CC/C=C\C/C=C\C/C=C\C/C=C\C/C=C\C/C=C\C/C=C\C/C=C\C/C=C\CCCCCCCCCCCCCCCC(=O)NC(CO)C(O)/C=C/CC/C=C/CCCCCCCCCCCCCCCCCCCCCCCCCCCCC. The lowest BCUT2D eigenvalue weighted by Gasteiger charge is -2.19. The molecule has 0 aromatic rings. The van der Waals surface area contributed by atoms with Gasteiger partial charge >= 0.3 is 0 Å². The third-order valence-electron chi connectivity index (χ3n) is 16.6. The molecule has 0 saturated heterocycles. The van der Waals surface area contributed by atoms with Gasteiger partial charge in [-0.3, -0.25) is 4.79 Å². The summed E-state index contributed by atoms with van der Waals surface area (Å²) in [5.41, 5.74) is 0. The second-order valence-corrected chi connectivity index (χ2v) is 25.0. The van der Waals surface area contributed by atoms with Gasteiger partial charge in [0, 0.05) is 6.42 Å². The van der Waals surface area contributed by atoms with E-state index in [1.165, 1.54) is 250 Å². The van der Waals surface area contributed by atoms with Crippen LogP contribution in [0.15, 0.2) is 134 Å². The van der Waals surface area contributed by atoms with Crippen LogP contribution in [0.25, 0.3) is 0 Å². The van der Waals surface area contributed by atoms with Crippen LogP contribution in [0.5, 0.6) is 0 Å². The molecule has 3 N–H and O–H groups in total. The predicted octanol–water partition coefficient (Wildman–Crippen LogP) is 26.0. The Kier molecular flexibility index (Phi) is 72.7. The lowest BCUT2D eigenvalue weighted by molar-refractivity contribution is -0.123. The van der Waals surface area contributed by atoms with Crippen LogP contribution in [-0.2, 0) is 4.79 Å². The average Bonchev–Trinajstić information content (AvgIpc) is 3.59. The van der Waals surface area contributed by atoms with E-state index in [1.807, 2.05) is 6.08 Å². The van der Waals surface area contributed by atoms with E-state index in [9.17, 15) is 15.0 Å². The van der Waals surface area contributed by atoms with Crippen LogP contribution in [0.2, 0.25) is 0 Å². The van der Waals surface area contributed by atoms with Crippen molar-refractivity contribution in [3.63, 3.8) is 0 Å². The van der Waals surface area contributed by atoms with Gasteiger partial charge in [-0.1, -0.05) is 385 Å². The van der Waals surface area contributed by atoms with E-state index in [-0.39, 0.29) is 12.5 Å². The van der Waals surface area contributed by atoms with Gasteiger partial charge in [-0.2, -0.15) is 0 Å². The van der Waals surface area contributed by atoms with E-state index in [0.29, 0.717) is 6.42 Å². The second kappa shape index (κ2) is 75.8. The summed E-state index contributed by atoms with van der Waals surface area (Å²) in [5.74, 6) is -0.0757. The van der Waals surface area contributed by atoms with Crippen molar-refractivity contribution in [3.05, 3.63) is 134 Å². The van der Waals surface area contributed by atoms with Gasteiger partial charge in [-0.05, 0) is 103 Å². The first-order chi connectivity index (χ1) is 42.7. The number of hydrogen-bond acceptors (Lipinski definition) is 3. The third-order valence-corrected chi connectivity index (χ3v) is 16.6. The molecule has 1 amide bonds. The number of rotatable bonds is 68. The van der Waals surface area contributed by atoms with Crippen LogP contribution >= 0.6 is 0 Å². The van der Waals surface area contributed by atoms with E-state index < -0.39 is 12.1 Å². The second-order valence-electron chi connectivity index (χ2n) is 25.0. The number of amides is 1. The van der Waals surface area contributed by atoms with Crippen LogP contribution in [0.4, 0.5) is 0 Å². The van der Waals surface area contributed by atoms with Gasteiger partial charge in [-0.25, -0.2) is 0 Å². The zero-order valence-corrected chi connectivity index (χ0v) is 57.0. The monoisotopic (exact) mass is 1190 g/mol. The molecule has 0 aromatic carbocycles. The minimum absolute atomic E-state index is 0.0757. The predicted molar refractivity (Wildman–Crippen MR) is 386 cm³/mol. The highest BCUT2D eigenvalue weighted by Crippen LogP contribution is 2.18. The van der Waals surface area contributed by atoms with Crippen LogP contribution in [0.1, 0.15) is 361 Å². The summed E-state index contributed by atoms with van der Waals surface area (Å²) < 4.78 is 0. The molecule has 2 unspecified atom stereocenters. The highest BCUT2D eigenvalue weighted by atomic mass is 16.3. The fraction of sp³-hybridized carbons (Fsp3) is 0.720. The van der Waals surface area contributed by atoms with Crippen molar-refractivity contribution in [1.29, 1.82) is 0 Å². The Hall–Kier alpha value is -3.47. The maximum atomic E-state index is 12.6. The van der Waals surface area contributed by atoms with E-state index in [0.717, 1.165) is 89.9 Å². The molecule has 0 heterocycles. The molecule has 0 aliphatic carbocycles. The molecule has 0 bridgehead atoms. The number of hydrogen-bond donors (Lipinski definition) is 3. The van der Waals surface area contributed by atoms with Gasteiger partial charge in [-0.15, -0.1) is 0 Å². The zero-order chi connectivity index (χ0) is 61.9. The number of carbonyl (C=O) groups excluding carboxylic acids is 1. The largest absolute Gasteiger partial charge is 0.394 e. The average molecular weight is 1190 g/mol. The van der Waals surface area contributed by atoms with Crippen molar-refractivity contribution in [2.45, 2.75) is 373 Å². The lowest BCUT2D eigenvalue weighted by atomic mass is 10.0. The Morgan fingerprint density at radius 1 is 0.291 bits per heavy atom. The van der Waals surface area contributed by atoms with Crippen molar-refractivity contribution in [2.75, 3.05) is 6.61 Å². The van der Waals surface area contributed by atoms with Crippen molar-refractivity contribution in [3.8, 4) is 0 Å². The summed E-state index contributed by atoms with van der Waals surface area (Å²) in [6.07, 6.45) is 117. The summed E-state index contributed by atoms with van der Waals surface area (Å²) in [5, 5.41) is 23.3. The van der Waals surface area contributed by atoms with Gasteiger partial charge in [0.25, 0.3) is 0 Å². The third kappa shape index (κ3) is 71.3.